The fourth-order valence-corrected chi connectivity index (χ4v) is 15.2. The van der Waals surface area contributed by atoms with Crippen LogP contribution in [0.5, 0.6) is 0 Å². The minimum absolute atomic E-state index is 0.176. The fraction of sp³-hybridized carbons (Fsp3) is 0. The molecule has 0 bridgehead atoms. The second-order valence-electron chi connectivity index (χ2n) is 24.6. The predicted octanol–water partition coefficient (Wildman–Crippen LogP) is 22.8. The van der Waals surface area contributed by atoms with Crippen molar-refractivity contribution in [2.45, 2.75) is 0 Å². The summed E-state index contributed by atoms with van der Waals surface area (Å²) in [5.41, 5.74) is 27.3. The lowest BCUT2D eigenvalue weighted by Gasteiger charge is -2.47. The number of nitrogens with zero attached hydrogens (tertiary/aromatic N) is 4. The molecule has 0 fully saturated rings. The van der Waals surface area contributed by atoms with Crippen molar-refractivity contribution in [1.82, 2.24) is 4.57 Å². The molecule has 2 aliphatic heterocycles. The summed E-state index contributed by atoms with van der Waals surface area (Å²) in [5, 5.41) is 0.882. The first kappa shape index (κ1) is 51.8. The maximum atomic E-state index is 10.1. The van der Waals surface area contributed by atoms with Crippen LogP contribution in [-0.4, -0.2) is 11.3 Å². The third-order valence-electron chi connectivity index (χ3n) is 19.3. The topological polar surface area (TPSA) is 15.8 Å². The first-order chi connectivity index (χ1) is 49.3. The van der Waals surface area contributed by atoms with Gasteiger partial charge >= 0.3 is 0 Å². The molecule has 0 N–H and O–H groups in total. The molecule has 4 nitrogen and oxygen atoms in total. The van der Waals surface area contributed by atoms with Gasteiger partial charge in [-0.05, 0) is 143 Å². The smallest absolute Gasteiger partial charge is 0.253 e. The molecular formula is C91H59BN4. The molecule has 2 aliphatic rings. The zero-order valence-electron chi connectivity index (χ0n) is 56.1. The van der Waals surface area contributed by atoms with Crippen LogP contribution in [0, 0.1) is 6.57 Å². The van der Waals surface area contributed by atoms with Crippen LogP contribution in [-0.2, 0) is 0 Å². The summed E-state index contributed by atoms with van der Waals surface area (Å²) in [7, 11) is 0. The first-order valence-electron chi connectivity index (χ1n) is 34.6. The summed E-state index contributed by atoms with van der Waals surface area (Å²) in [4.78, 5) is 9.01. The molecule has 446 valence electrons. The van der Waals surface area contributed by atoms with Crippen LogP contribution >= 0.6 is 0 Å². The SMILES string of the molecule is [2H]c1c([2H])c([2H])c2c(c1[2H])c1cc([N+]#[C-])ccc1n2-c1cc2c3c(c1)N(c1c(-c4ccccc4)cccc1-c1ccccc1)c1cc(-c4ccccc4)cc(-c4ccccc4)c1B3c1c(-c3ccccc3)cc(-c3ccccc3)cc1N2c1c(-c2ccccc2)cccc1-c1ccccc1. The molecule has 0 saturated carbocycles. The quantitative estimate of drug-likeness (QED) is 0.0948. The van der Waals surface area contributed by atoms with Crippen molar-refractivity contribution in [3.05, 3.63) is 369 Å². The summed E-state index contributed by atoms with van der Waals surface area (Å²) in [5.74, 6) is 0. The number of rotatable bonds is 11. The molecule has 0 saturated heterocycles. The Balaban J connectivity index is 1.12. The minimum atomic E-state index is -0.513. The van der Waals surface area contributed by atoms with E-state index in [2.05, 4.69) is 330 Å². The maximum Gasteiger partial charge on any atom is 0.253 e. The van der Waals surface area contributed by atoms with Gasteiger partial charge < -0.3 is 14.4 Å². The van der Waals surface area contributed by atoms with E-state index in [4.69, 9.17) is 6.57 Å². The number of hydrogen-bond acceptors (Lipinski definition) is 2. The molecule has 1 aromatic heterocycles. The summed E-state index contributed by atoms with van der Waals surface area (Å²) in [6.07, 6.45) is 0. The van der Waals surface area contributed by atoms with Crippen molar-refractivity contribution in [1.29, 1.82) is 0 Å². The Morgan fingerprint density at radius 2 is 0.625 bits per heavy atom. The largest absolute Gasteiger partial charge is 0.310 e. The molecule has 16 aromatic rings. The second-order valence-corrected chi connectivity index (χ2v) is 24.6. The number of fused-ring (bicyclic) bond motifs is 7. The van der Waals surface area contributed by atoms with Crippen LogP contribution in [0.3, 0.4) is 0 Å². The van der Waals surface area contributed by atoms with E-state index in [1.807, 2.05) is 10.6 Å². The number of hydrogen-bond donors (Lipinski definition) is 0. The molecule has 15 aromatic carbocycles. The van der Waals surface area contributed by atoms with Crippen molar-refractivity contribution in [3.63, 3.8) is 0 Å². The van der Waals surface area contributed by atoms with E-state index in [1.165, 1.54) is 0 Å². The number of anilines is 6. The van der Waals surface area contributed by atoms with E-state index in [0.717, 1.165) is 140 Å². The summed E-state index contributed by atoms with van der Waals surface area (Å²) in [6.45, 7) is 7.82. The van der Waals surface area contributed by atoms with Gasteiger partial charge in [-0.1, -0.05) is 303 Å². The van der Waals surface area contributed by atoms with E-state index in [1.54, 1.807) is 12.1 Å². The van der Waals surface area contributed by atoms with E-state index < -0.39 is 6.71 Å². The molecule has 0 atom stereocenters. The average Bonchev–Trinajstić information content (AvgIpc) is 0.808. The van der Waals surface area contributed by atoms with Crippen LogP contribution in [0.4, 0.5) is 39.8 Å². The lowest BCUT2D eigenvalue weighted by Crippen LogP contribution is -2.62. The highest BCUT2D eigenvalue weighted by molar-refractivity contribution is 7.02. The Morgan fingerprint density at radius 1 is 0.281 bits per heavy atom. The Kier molecular flexibility index (Phi) is 12.6. The molecule has 5 heteroatoms. The first-order valence-corrected chi connectivity index (χ1v) is 32.6. The number of aromatic nitrogens is 1. The van der Waals surface area contributed by atoms with E-state index >= 15 is 0 Å². The van der Waals surface area contributed by atoms with E-state index in [-0.39, 0.29) is 24.2 Å². The van der Waals surface area contributed by atoms with Crippen molar-refractivity contribution in [2.24, 2.45) is 0 Å². The lowest BCUT2D eigenvalue weighted by molar-refractivity contribution is 1.16. The van der Waals surface area contributed by atoms with Crippen LogP contribution in [0.2, 0.25) is 0 Å². The molecule has 96 heavy (non-hydrogen) atoms. The van der Waals surface area contributed by atoms with Gasteiger partial charge in [0.25, 0.3) is 6.71 Å². The summed E-state index contributed by atoms with van der Waals surface area (Å²) < 4.78 is 40.8. The monoisotopic (exact) mass is 1220 g/mol. The molecule has 0 radical (unpaired) electrons. The highest BCUT2D eigenvalue weighted by atomic mass is 15.2. The van der Waals surface area contributed by atoms with Gasteiger partial charge in [-0.2, -0.15) is 0 Å². The number of benzene rings is 15. The molecule has 0 aliphatic carbocycles. The third kappa shape index (κ3) is 9.30. The standard InChI is InChI=1S/C91H59BN4/c1-93-71-52-53-82-80(58-71)77-46-26-27-51-81(77)94(82)72-59-85-89-86(60-72)96(91-75(65-38-18-6-19-39-65)49-29-50-76(91)66-40-20-7-21-41-66)84-57-70(62-32-12-3-13-33-62)55-79(68-44-24-9-25-45-68)88(84)92(89)87-78(67-42-22-8-23-43-67)54-69(61-30-10-2-11-31-61)56-83(87)95(85)90-73(63-34-14-4-15-35-63)47-28-48-74(90)64-36-16-5-17-37-64/h2-60H/i26D,27D,46D,51D. The lowest BCUT2D eigenvalue weighted by atomic mass is 9.31. The zero-order valence-corrected chi connectivity index (χ0v) is 52.1. The summed E-state index contributed by atoms with van der Waals surface area (Å²) in [6, 6.07) is 118. The Hall–Kier alpha value is -12.7. The number of para-hydroxylation sites is 3. The third-order valence-corrected chi connectivity index (χ3v) is 19.3. The summed E-state index contributed by atoms with van der Waals surface area (Å²) >= 11 is 0. The van der Waals surface area contributed by atoms with Gasteiger partial charge in [0.05, 0.1) is 40.2 Å². The zero-order chi connectivity index (χ0) is 67.1. The van der Waals surface area contributed by atoms with Crippen LogP contribution in [0.1, 0.15) is 5.48 Å². The van der Waals surface area contributed by atoms with Gasteiger partial charge in [0.15, 0.2) is 5.69 Å². The van der Waals surface area contributed by atoms with Gasteiger partial charge in [-0.3, -0.25) is 0 Å². The van der Waals surface area contributed by atoms with Crippen molar-refractivity contribution < 1.29 is 5.48 Å². The van der Waals surface area contributed by atoms with Gasteiger partial charge in [0.1, 0.15) is 0 Å². The Morgan fingerprint density at radius 3 is 1.00 bits per heavy atom. The highest BCUT2D eigenvalue weighted by Gasteiger charge is 2.48. The van der Waals surface area contributed by atoms with Crippen molar-refractivity contribution in [2.75, 3.05) is 9.80 Å². The second kappa shape index (κ2) is 23.4. The van der Waals surface area contributed by atoms with Crippen LogP contribution < -0.4 is 26.2 Å². The van der Waals surface area contributed by atoms with E-state index in [9.17, 15) is 5.48 Å². The van der Waals surface area contributed by atoms with Gasteiger partial charge in [-0.25, -0.2) is 4.85 Å². The molecule has 0 unspecified atom stereocenters. The fourth-order valence-electron chi connectivity index (χ4n) is 15.2. The molecular weight excluding hydrogens is 1160 g/mol. The molecule has 0 spiro atoms. The molecule has 18 rings (SSSR count). The normalized spacial score (nSPS) is 12.7. The average molecular weight is 1220 g/mol. The minimum Gasteiger partial charge on any atom is -0.310 e. The van der Waals surface area contributed by atoms with Crippen LogP contribution in [0.25, 0.3) is 121 Å². The molecule has 0 amide bonds. The Bertz CT molecular complexity index is 5550. The van der Waals surface area contributed by atoms with Crippen molar-refractivity contribution >= 4 is 84.7 Å². The maximum absolute atomic E-state index is 10.1. The predicted molar refractivity (Wildman–Crippen MR) is 405 cm³/mol. The van der Waals surface area contributed by atoms with Crippen molar-refractivity contribution in [3.8, 4) is 94.7 Å². The Labute approximate surface area is 565 Å². The van der Waals surface area contributed by atoms with Gasteiger partial charge in [0.2, 0.25) is 0 Å². The van der Waals surface area contributed by atoms with E-state index in [0.29, 0.717) is 33.2 Å². The van der Waals surface area contributed by atoms with Gasteiger partial charge in [-0.15, -0.1) is 0 Å². The van der Waals surface area contributed by atoms with Gasteiger partial charge in [0, 0.05) is 50.4 Å². The molecule has 3 heterocycles. The van der Waals surface area contributed by atoms with Crippen LogP contribution in [0.15, 0.2) is 358 Å². The highest BCUT2D eigenvalue weighted by Crippen LogP contribution is 2.56.